The molecule has 2 aromatic carbocycles. The molecule has 22 heavy (non-hydrogen) atoms. The number of nitrogen functional groups attached to an aromatic ring is 1. The maximum absolute atomic E-state index is 5.72. The van der Waals surface area contributed by atoms with Gasteiger partial charge in [-0.2, -0.15) is 0 Å². The number of nitrogens with zero attached hydrogens (tertiary/aromatic N) is 2. The number of anilines is 1. The normalized spacial score (nSPS) is 11.0. The summed E-state index contributed by atoms with van der Waals surface area (Å²) in [5.74, 6) is 1.94. The lowest BCUT2D eigenvalue weighted by molar-refractivity contribution is 0.303. The van der Waals surface area contributed by atoms with E-state index in [1.54, 1.807) is 0 Å². The second-order valence-corrected chi connectivity index (χ2v) is 5.42. The molecule has 0 atom stereocenters. The Bertz CT molecular complexity index is 747. The van der Waals surface area contributed by atoms with E-state index in [-0.39, 0.29) is 0 Å². The maximum atomic E-state index is 5.72. The molecule has 4 nitrogen and oxygen atoms in total. The van der Waals surface area contributed by atoms with Crippen LogP contribution in [0.15, 0.2) is 48.5 Å². The zero-order valence-corrected chi connectivity index (χ0v) is 12.8. The van der Waals surface area contributed by atoms with Crippen molar-refractivity contribution in [2.45, 2.75) is 26.3 Å². The number of unbranched alkanes of at least 4 members (excludes halogenated alkanes) is 1. The fourth-order valence-electron chi connectivity index (χ4n) is 2.60. The van der Waals surface area contributed by atoms with Gasteiger partial charge in [0.2, 0.25) is 0 Å². The molecule has 114 valence electrons. The van der Waals surface area contributed by atoms with E-state index < -0.39 is 0 Å². The molecule has 2 N–H and O–H groups in total. The molecule has 0 fully saturated rings. The van der Waals surface area contributed by atoms with Gasteiger partial charge in [-0.15, -0.1) is 0 Å². The highest BCUT2D eigenvalue weighted by Gasteiger charge is 2.05. The molecule has 0 bridgehead atoms. The predicted octanol–water partition coefficient (Wildman–Crippen LogP) is 3.79. The van der Waals surface area contributed by atoms with Crippen molar-refractivity contribution in [3.05, 3.63) is 54.4 Å². The first-order valence-electron chi connectivity index (χ1n) is 7.64. The Morgan fingerprint density at radius 1 is 1.05 bits per heavy atom. The summed E-state index contributed by atoms with van der Waals surface area (Å²) in [5, 5.41) is 0. The third kappa shape index (κ3) is 3.22. The second kappa shape index (κ2) is 6.52. The van der Waals surface area contributed by atoms with Crippen LogP contribution in [0.25, 0.3) is 11.0 Å². The second-order valence-electron chi connectivity index (χ2n) is 5.42. The third-order valence-corrected chi connectivity index (χ3v) is 3.77. The molecular formula is C18H21N3O. The summed E-state index contributed by atoms with van der Waals surface area (Å²) in [7, 11) is 0. The van der Waals surface area contributed by atoms with Gasteiger partial charge in [0.05, 0.1) is 17.6 Å². The van der Waals surface area contributed by atoms with E-state index in [4.69, 9.17) is 10.5 Å². The Labute approximate surface area is 130 Å². The van der Waals surface area contributed by atoms with Crippen LogP contribution in [0.4, 0.5) is 5.69 Å². The molecule has 0 radical (unpaired) electrons. The number of aryl methyl sites for hydroxylation is 2. The predicted molar refractivity (Wildman–Crippen MR) is 90.1 cm³/mol. The minimum atomic E-state index is 0.718. The molecular weight excluding hydrogens is 274 g/mol. The standard InChI is InChI=1S/C18H21N3O/c1-14-20-17-6-2-3-7-18(17)21(14)12-4-5-13-22-16-10-8-15(19)9-11-16/h2-3,6-11H,4-5,12-13,19H2,1H3. The van der Waals surface area contributed by atoms with E-state index in [0.29, 0.717) is 0 Å². The number of nitrogens with two attached hydrogens (primary N) is 1. The zero-order valence-electron chi connectivity index (χ0n) is 12.8. The van der Waals surface area contributed by atoms with Crippen molar-refractivity contribution in [1.29, 1.82) is 0 Å². The molecule has 0 spiro atoms. The number of hydrogen-bond acceptors (Lipinski definition) is 3. The Morgan fingerprint density at radius 3 is 2.64 bits per heavy atom. The first-order valence-corrected chi connectivity index (χ1v) is 7.64. The van der Waals surface area contributed by atoms with Crippen LogP contribution in [0, 0.1) is 6.92 Å². The number of hydrogen-bond donors (Lipinski definition) is 1. The fraction of sp³-hybridized carbons (Fsp3) is 0.278. The lowest BCUT2D eigenvalue weighted by Crippen LogP contribution is -2.03. The van der Waals surface area contributed by atoms with Crippen LogP contribution in [-0.4, -0.2) is 16.2 Å². The molecule has 0 unspecified atom stereocenters. The van der Waals surface area contributed by atoms with Crippen molar-refractivity contribution in [1.82, 2.24) is 9.55 Å². The Balaban J connectivity index is 1.50. The van der Waals surface area contributed by atoms with Gasteiger partial charge in [-0.3, -0.25) is 0 Å². The van der Waals surface area contributed by atoms with E-state index in [9.17, 15) is 0 Å². The van der Waals surface area contributed by atoms with Gasteiger partial charge >= 0.3 is 0 Å². The van der Waals surface area contributed by atoms with E-state index in [1.807, 2.05) is 30.3 Å². The molecule has 0 aliphatic rings. The van der Waals surface area contributed by atoms with Gasteiger partial charge in [-0.05, 0) is 56.2 Å². The molecule has 0 aliphatic carbocycles. The minimum Gasteiger partial charge on any atom is -0.494 e. The quantitative estimate of drug-likeness (QED) is 0.556. The van der Waals surface area contributed by atoms with Gasteiger partial charge in [0.1, 0.15) is 11.6 Å². The highest BCUT2D eigenvalue weighted by atomic mass is 16.5. The fourth-order valence-corrected chi connectivity index (χ4v) is 2.60. The number of benzene rings is 2. The van der Waals surface area contributed by atoms with E-state index in [1.165, 1.54) is 5.52 Å². The van der Waals surface area contributed by atoms with E-state index >= 15 is 0 Å². The summed E-state index contributed by atoms with van der Waals surface area (Å²) in [6.45, 7) is 3.75. The van der Waals surface area contributed by atoms with Crippen molar-refractivity contribution in [2.75, 3.05) is 12.3 Å². The molecule has 0 saturated carbocycles. The molecule has 3 rings (SSSR count). The molecule has 0 amide bonds. The summed E-state index contributed by atoms with van der Waals surface area (Å²) < 4.78 is 7.99. The van der Waals surface area contributed by atoms with E-state index in [2.05, 4.69) is 34.7 Å². The Morgan fingerprint density at radius 2 is 1.82 bits per heavy atom. The van der Waals surface area contributed by atoms with Crippen LogP contribution in [0.2, 0.25) is 0 Å². The van der Waals surface area contributed by atoms with E-state index in [0.717, 1.165) is 48.8 Å². The van der Waals surface area contributed by atoms with Gasteiger partial charge in [0.25, 0.3) is 0 Å². The molecule has 1 aromatic heterocycles. The summed E-state index contributed by atoms with van der Waals surface area (Å²) in [6, 6.07) is 15.8. The molecule has 0 aliphatic heterocycles. The smallest absolute Gasteiger partial charge is 0.119 e. The number of imidazole rings is 1. The summed E-state index contributed by atoms with van der Waals surface area (Å²) in [6.07, 6.45) is 2.08. The highest BCUT2D eigenvalue weighted by Crippen LogP contribution is 2.17. The van der Waals surface area contributed by atoms with Crippen molar-refractivity contribution < 1.29 is 4.74 Å². The van der Waals surface area contributed by atoms with Crippen LogP contribution in [0.3, 0.4) is 0 Å². The van der Waals surface area contributed by atoms with Crippen molar-refractivity contribution in [2.24, 2.45) is 0 Å². The van der Waals surface area contributed by atoms with Gasteiger partial charge in [0.15, 0.2) is 0 Å². The van der Waals surface area contributed by atoms with Crippen LogP contribution in [0.5, 0.6) is 5.75 Å². The zero-order chi connectivity index (χ0) is 15.4. The first kappa shape index (κ1) is 14.4. The van der Waals surface area contributed by atoms with Crippen molar-refractivity contribution >= 4 is 16.7 Å². The van der Waals surface area contributed by atoms with Crippen molar-refractivity contribution in [3.63, 3.8) is 0 Å². The van der Waals surface area contributed by atoms with Gasteiger partial charge in [-0.1, -0.05) is 12.1 Å². The minimum absolute atomic E-state index is 0.718. The van der Waals surface area contributed by atoms with Gasteiger partial charge in [0, 0.05) is 12.2 Å². The average Bonchev–Trinajstić information content (AvgIpc) is 2.85. The molecule has 4 heteroatoms. The number of aromatic nitrogens is 2. The molecule has 3 aromatic rings. The van der Waals surface area contributed by atoms with Crippen LogP contribution in [0.1, 0.15) is 18.7 Å². The lowest BCUT2D eigenvalue weighted by Gasteiger charge is -2.08. The topological polar surface area (TPSA) is 53.1 Å². The van der Waals surface area contributed by atoms with Crippen LogP contribution in [-0.2, 0) is 6.54 Å². The maximum Gasteiger partial charge on any atom is 0.119 e. The summed E-state index contributed by atoms with van der Waals surface area (Å²) in [4.78, 5) is 4.59. The largest absolute Gasteiger partial charge is 0.494 e. The Hall–Kier alpha value is -2.49. The summed E-state index contributed by atoms with van der Waals surface area (Å²) in [5.41, 5.74) is 8.69. The number of para-hydroxylation sites is 2. The third-order valence-electron chi connectivity index (χ3n) is 3.77. The van der Waals surface area contributed by atoms with Crippen LogP contribution < -0.4 is 10.5 Å². The monoisotopic (exact) mass is 295 g/mol. The highest BCUT2D eigenvalue weighted by molar-refractivity contribution is 5.75. The van der Waals surface area contributed by atoms with Crippen LogP contribution >= 0.6 is 0 Å². The van der Waals surface area contributed by atoms with Gasteiger partial charge in [-0.25, -0.2) is 4.98 Å². The number of fused-ring (bicyclic) bond motifs is 1. The summed E-state index contributed by atoms with van der Waals surface area (Å²) >= 11 is 0. The SMILES string of the molecule is Cc1nc2ccccc2n1CCCCOc1ccc(N)cc1. The number of ether oxygens (including phenoxy) is 1. The molecule has 0 saturated heterocycles. The lowest BCUT2D eigenvalue weighted by atomic mass is 10.3. The first-order chi connectivity index (χ1) is 10.7. The molecule has 1 heterocycles. The number of rotatable bonds is 6. The van der Waals surface area contributed by atoms with Crippen molar-refractivity contribution in [3.8, 4) is 5.75 Å². The van der Waals surface area contributed by atoms with Gasteiger partial charge < -0.3 is 15.0 Å². The average molecular weight is 295 g/mol. The Kier molecular flexibility index (Phi) is 4.28.